The van der Waals surface area contributed by atoms with E-state index in [9.17, 15) is 8.42 Å². The Kier molecular flexibility index (Phi) is 4.99. The van der Waals surface area contributed by atoms with E-state index in [1.165, 1.54) is 4.31 Å². The Balaban J connectivity index is 1.45. The van der Waals surface area contributed by atoms with Crippen molar-refractivity contribution in [2.75, 3.05) is 26.2 Å². The number of hydrogen-bond acceptors (Lipinski definition) is 6. The molecule has 1 saturated heterocycles. The van der Waals surface area contributed by atoms with Crippen LogP contribution in [-0.2, 0) is 16.8 Å². The normalized spacial score (nSPS) is 16.8. The van der Waals surface area contributed by atoms with Crippen LogP contribution >= 0.6 is 15.9 Å². The first-order valence-corrected chi connectivity index (χ1v) is 10.7. The molecule has 0 aliphatic carbocycles. The number of rotatable bonds is 4. The van der Waals surface area contributed by atoms with Gasteiger partial charge in [0, 0.05) is 36.2 Å². The molecule has 2 aromatic carbocycles. The molecule has 8 nitrogen and oxygen atoms in total. The van der Waals surface area contributed by atoms with Crippen molar-refractivity contribution in [1.82, 2.24) is 19.4 Å². The fraction of sp³-hybridized carbons (Fsp3) is 0.294. The van der Waals surface area contributed by atoms with Gasteiger partial charge in [-0.1, -0.05) is 28.1 Å². The second-order valence-corrected chi connectivity index (χ2v) is 8.89. The summed E-state index contributed by atoms with van der Waals surface area (Å²) in [5.41, 5.74) is 0.864. The van der Waals surface area contributed by atoms with Crippen LogP contribution in [0.3, 0.4) is 0 Å². The van der Waals surface area contributed by atoms with Crippen LogP contribution < -0.4 is 5.14 Å². The van der Waals surface area contributed by atoms with Gasteiger partial charge in [-0.15, -0.1) is 10.2 Å². The summed E-state index contributed by atoms with van der Waals surface area (Å²) in [4.78, 5) is 2.07. The summed E-state index contributed by atoms with van der Waals surface area (Å²) in [7, 11) is -3.62. The number of aromatic nitrogens is 2. The number of hydrogen-bond donors (Lipinski definition) is 1. The van der Waals surface area contributed by atoms with Gasteiger partial charge in [-0.05, 0) is 35.0 Å². The molecule has 2 N–H and O–H groups in total. The van der Waals surface area contributed by atoms with Gasteiger partial charge < -0.3 is 4.42 Å². The van der Waals surface area contributed by atoms with E-state index in [1.807, 2.05) is 30.3 Å². The van der Waals surface area contributed by atoms with E-state index in [0.717, 1.165) is 20.8 Å². The molecule has 1 fully saturated rings. The molecule has 0 amide bonds. The largest absolute Gasteiger partial charge is 0.419 e. The van der Waals surface area contributed by atoms with Crippen molar-refractivity contribution in [3.05, 3.63) is 46.8 Å². The number of fused-ring (bicyclic) bond motifs is 1. The van der Waals surface area contributed by atoms with Crippen molar-refractivity contribution in [3.8, 4) is 11.5 Å². The molecule has 3 aromatic rings. The average molecular weight is 452 g/mol. The zero-order chi connectivity index (χ0) is 19.0. The van der Waals surface area contributed by atoms with Crippen LogP contribution in [0.5, 0.6) is 0 Å². The van der Waals surface area contributed by atoms with E-state index in [-0.39, 0.29) is 0 Å². The second kappa shape index (κ2) is 7.28. The summed E-state index contributed by atoms with van der Waals surface area (Å²) in [5, 5.41) is 15.7. The molecule has 2 heterocycles. The fourth-order valence-electron chi connectivity index (χ4n) is 3.12. The fourth-order valence-corrected chi connectivity index (χ4v) is 4.17. The number of nitrogens with two attached hydrogens (primary N) is 1. The minimum atomic E-state index is -3.62. The lowest BCUT2D eigenvalue weighted by atomic mass is 10.1. The number of nitrogens with zero attached hydrogens (tertiary/aromatic N) is 4. The zero-order valence-electron chi connectivity index (χ0n) is 14.4. The SMILES string of the molecule is NS(=O)(=O)N1CCN(Cc2nnc(-c3ccc4cc(Br)ccc4c3)o2)CC1. The van der Waals surface area contributed by atoms with Crippen molar-refractivity contribution < 1.29 is 12.8 Å². The third kappa shape index (κ3) is 4.19. The molecule has 0 unspecified atom stereocenters. The smallest absolute Gasteiger partial charge is 0.276 e. The maximum Gasteiger partial charge on any atom is 0.276 e. The van der Waals surface area contributed by atoms with Gasteiger partial charge in [-0.2, -0.15) is 12.7 Å². The minimum absolute atomic E-state index is 0.361. The summed E-state index contributed by atoms with van der Waals surface area (Å²) in [6.07, 6.45) is 0. The van der Waals surface area contributed by atoms with Gasteiger partial charge in [-0.3, -0.25) is 4.90 Å². The zero-order valence-corrected chi connectivity index (χ0v) is 16.8. The third-order valence-corrected chi connectivity index (χ3v) is 6.14. The highest BCUT2D eigenvalue weighted by atomic mass is 79.9. The maximum atomic E-state index is 11.4. The monoisotopic (exact) mass is 451 g/mol. The van der Waals surface area contributed by atoms with Crippen LogP contribution in [0.25, 0.3) is 22.2 Å². The Hall–Kier alpha value is -1.85. The molecular weight excluding hydrogens is 434 g/mol. The Labute approximate surface area is 165 Å². The van der Waals surface area contributed by atoms with Gasteiger partial charge in [0.15, 0.2) is 0 Å². The van der Waals surface area contributed by atoms with Gasteiger partial charge in [0.2, 0.25) is 11.8 Å². The van der Waals surface area contributed by atoms with Gasteiger partial charge in [0.1, 0.15) is 0 Å². The molecule has 1 aliphatic heterocycles. The van der Waals surface area contributed by atoms with Crippen LogP contribution in [0.1, 0.15) is 5.89 Å². The summed E-state index contributed by atoms with van der Waals surface area (Å²) in [5.74, 6) is 0.975. The van der Waals surface area contributed by atoms with Crippen molar-refractivity contribution >= 4 is 36.9 Å². The maximum absolute atomic E-state index is 11.4. The lowest BCUT2D eigenvalue weighted by Crippen LogP contribution is -2.50. The Bertz CT molecular complexity index is 1080. The molecule has 0 atom stereocenters. The van der Waals surface area contributed by atoms with Crippen molar-refractivity contribution in [2.45, 2.75) is 6.54 Å². The second-order valence-electron chi connectivity index (χ2n) is 6.43. The molecule has 0 spiro atoms. The van der Waals surface area contributed by atoms with E-state index in [2.05, 4.69) is 37.1 Å². The standard InChI is InChI=1S/C17H18BrN5O3S/c18-15-4-3-12-9-14(2-1-13(12)10-15)17-21-20-16(26-17)11-22-5-7-23(8-6-22)27(19,24)25/h1-4,9-10H,5-8,11H2,(H2,19,24,25). The average Bonchev–Trinajstić information content (AvgIpc) is 3.09. The summed E-state index contributed by atoms with van der Waals surface area (Å²) >= 11 is 3.47. The molecule has 1 aliphatic rings. The predicted octanol–water partition coefficient (Wildman–Crippen LogP) is 1.97. The number of benzene rings is 2. The topological polar surface area (TPSA) is 106 Å². The van der Waals surface area contributed by atoms with E-state index < -0.39 is 10.2 Å². The van der Waals surface area contributed by atoms with Crippen molar-refractivity contribution in [2.24, 2.45) is 5.14 Å². The van der Waals surface area contributed by atoms with Crippen LogP contribution in [0, 0.1) is 0 Å². The lowest BCUT2D eigenvalue weighted by molar-refractivity contribution is 0.168. The first kappa shape index (κ1) is 18.5. The highest BCUT2D eigenvalue weighted by molar-refractivity contribution is 9.10. The summed E-state index contributed by atoms with van der Waals surface area (Å²) < 4.78 is 30.8. The van der Waals surface area contributed by atoms with Crippen LogP contribution in [-0.4, -0.2) is 54.0 Å². The van der Waals surface area contributed by atoms with Crippen LogP contribution in [0.2, 0.25) is 0 Å². The van der Waals surface area contributed by atoms with Gasteiger partial charge in [0.05, 0.1) is 6.54 Å². The van der Waals surface area contributed by atoms with E-state index in [0.29, 0.717) is 44.5 Å². The van der Waals surface area contributed by atoms with Gasteiger partial charge in [-0.25, -0.2) is 5.14 Å². The predicted molar refractivity (Wildman–Crippen MR) is 105 cm³/mol. The highest BCUT2D eigenvalue weighted by Crippen LogP contribution is 2.26. The first-order valence-electron chi connectivity index (χ1n) is 8.41. The van der Waals surface area contributed by atoms with Crippen molar-refractivity contribution in [3.63, 3.8) is 0 Å². The molecule has 10 heteroatoms. The molecule has 142 valence electrons. The summed E-state index contributed by atoms with van der Waals surface area (Å²) in [6, 6.07) is 12.1. The highest BCUT2D eigenvalue weighted by Gasteiger charge is 2.25. The molecule has 27 heavy (non-hydrogen) atoms. The molecule has 0 saturated carbocycles. The summed E-state index contributed by atoms with van der Waals surface area (Å²) in [6.45, 7) is 2.34. The van der Waals surface area contributed by atoms with Crippen LogP contribution in [0.4, 0.5) is 0 Å². The van der Waals surface area contributed by atoms with Crippen molar-refractivity contribution in [1.29, 1.82) is 0 Å². The number of halogens is 1. The quantitative estimate of drug-likeness (QED) is 0.649. The number of piperazine rings is 1. The molecule has 1 aromatic heterocycles. The Morgan fingerprint density at radius 3 is 2.48 bits per heavy atom. The molecular formula is C17H18BrN5O3S. The van der Waals surface area contributed by atoms with E-state index in [1.54, 1.807) is 0 Å². The minimum Gasteiger partial charge on any atom is -0.419 e. The van der Waals surface area contributed by atoms with E-state index >= 15 is 0 Å². The Morgan fingerprint density at radius 1 is 1.04 bits per heavy atom. The van der Waals surface area contributed by atoms with E-state index in [4.69, 9.17) is 9.56 Å². The van der Waals surface area contributed by atoms with Gasteiger partial charge >= 0.3 is 0 Å². The molecule has 0 bridgehead atoms. The molecule has 4 rings (SSSR count). The van der Waals surface area contributed by atoms with Crippen LogP contribution in [0.15, 0.2) is 45.3 Å². The Morgan fingerprint density at radius 2 is 1.74 bits per heavy atom. The molecule has 0 radical (unpaired) electrons. The third-order valence-electron chi connectivity index (χ3n) is 4.57. The lowest BCUT2D eigenvalue weighted by Gasteiger charge is -2.31. The van der Waals surface area contributed by atoms with Gasteiger partial charge in [0.25, 0.3) is 10.2 Å². The first-order chi connectivity index (χ1) is 12.9.